The van der Waals surface area contributed by atoms with Crippen LogP contribution < -0.4 is 0 Å². The first-order valence-corrected chi connectivity index (χ1v) is 7.35. The Labute approximate surface area is 144 Å². The number of fused-ring (bicyclic) bond motifs is 1. The number of esters is 1. The van der Waals surface area contributed by atoms with Crippen LogP contribution in [0.4, 0.5) is 0 Å². The van der Waals surface area contributed by atoms with E-state index in [2.05, 4.69) is 16.2 Å². The van der Waals surface area contributed by atoms with Crippen molar-refractivity contribution >= 4 is 28.7 Å². The van der Waals surface area contributed by atoms with Crippen molar-refractivity contribution in [1.29, 1.82) is 0 Å². The van der Waals surface area contributed by atoms with Gasteiger partial charge in [0.25, 0.3) is 0 Å². The van der Waals surface area contributed by atoms with Crippen LogP contribution in [-0.2, 0) is 14.4 Å². The average molecular weight is 346 g/mol. The molecule has 0 aliphatic heterocycles. The third-order valence-corrected chi connectivity index (χ3v) is 3.03. The molecule has 7 nitrogen and oxygen atoms in total. The SMILES string of the molecule is C=CC(=O)OCCC.O=C(O)c1cc2ccccc2cc1C(=O)OO. The first-order chi connectivity index (χ1) is 11.9. The van der Waals surface area contributed by atoms with E-state index in [0.29, 0.717) is 17.4 Å². The molecular weight excluding hydrogens is 328 g/mol. The van der Waals surface area contributed by atoms with Crippen LogP contribution in [0, 0.1) is 0 Å². The van der Waals surface area contributed by atoms with Crippen molar-refractivity contribution in [2.75, 3.05) is 6.61 Å². The minimum Gasteiger partial charge on any atom is -0.478 e. The Morgan fingerprint density at radius 2 is 1.68 bits per heavy atom. The van der Waals surface area contributed by atoms with E-state index in [1.54, 1.807) is 24.3 Å². The van der Waals surface area contributed by atoms with Gasteiger partial charge in [-0.25, -0.2) is 14.4 Å². The lowest BCUT2D eigenvalue weighted by Crippen LogP contribution is -2.10. The summed E-state index contributed by atoms with van der Waals surface area (Å²) in [5.41, 5.74) is -0.388. The number of hydrogen-bond acceptors (Lipinski definition) is 6. The lowest BCUT2D eigenvalue weighted by molar-refractivity contribution is -0.182. The monoisotopic (exact) mass is 346 g/mol. The van der Waals surface area contributed by atoms with Crippen LogP contribution in [0.25, 0.3) is 10.8 Å². The maximum atomic E-state index is 11.2. The summed E-state index contributed by atoms with van der Waals surface area (Å²) in [7, 11) is 0. The fourth-order valence-corrected chi connectivity index (χ4v) is 1.90. The van der Waals surface area contributed by atoms with Gasteiger partial charge in [0, 0.05) is 6.08 Å². The molecule has 2 N–H and O–H groups in total. The van der Waals surface area contributed by atoms with E-state index in [1.165, 1.54) is 12.1 Å². The highest BCUT2D eigenvalue weighted by Gasteiger charge is 2.18. The summed E-state index contributed by atoms with van der Waals surface area (Å²) in [5, 5.41) is 18.7. The fraction of sp³-hybridized carbons (Fsp3) is 0.167. The highest BCUT2D eigenvalue weighted by Crippen LogP contribution is 2.21. The molecule has 0 aliphatic carbocycles. The van der Waals surface area contributed by atoms with Gasteiger partial charge >= 0.3 is 17.9 Å². The van der Waals surface area contributed by atoms with E-state index in [-0.39, 0.29) is 17.1 Å². The van der Waals surface area contributed by atoms with Gasteiger partial charge in [0.2, 0.25) is 0 Å². The summed E-state index contributed by atoms with van der Waals surface area (Å²) in [4.78, 5) is 36.0. The molecule has 7 heteroatoms. The first-order valence-electron chi connectivity index (χ1n) is 7.35. The molecule has 0 fully saturated rings. The van der Waals surface area contributed by atoms with Crippen LogP contribution in [0.15, 0.2) is 49.1 Å². The van der Waals surface area contributed by atoms with Gasteiger partial charge in [-0.05, 0) is 29.3 Å². The number of rotatable bonds is 5. The van der Waals surface area contributed by atoms with Crippen LogP contribution in [0.1, 0.15) is 34.1 Å². The van der Waals surface area contributed by atoms with Crippen LogP contribution in [0.2, 0.25) is 0 Å². The van der Waals surface area contributed by atoms with Crippen molar-refractivity contribution in [3.05, 3.63) is 60.2 Å². The van der Waals surface area contributed by atoms with E-state index in [0.717, 1.165) is 12.5 Å². The molecule has 25 heavy (non-hydrogen) atoms. The minimum absolute atomic E-state index is 0.182. The summed E-state index contributed by atoms with van der Waals surface area (Å²) < 4.78 is 4.58. The average Bonchev–Trinajstić information content (AvgIpc) is 2.64. The molecule has 0 heterocycles. The van der Waals surface area contributed by atoms with Crippen LogP contribution in [0.5, 0.6) is 0 Å². The Hall–Kier alpha value is -3.19. The topological polar surface area (TPSA) is 110 Å². The highest BCUT2D eigenvalue weighted by molar-refractivity contribution is 6.06. The summed E-state index contributed by atoms with van der Waals surface area (Å²) >= 11 is 0. The van der Waals surface area contributed by atoms with E-state index in [9.17, 15) is 14.4 Å². The molecule has 2 rings (SSSR count). The zero-order valence-electron chi connectivity index (χ0n) is 13.6. The minimum atomic E-state index is -1.25. The van der Waals surface area contributed by atoms with Gasteiger partial charge in [-0.2, -0.15) is 5.26 Å². The largest absolute Gasteiger partial charge is 0.478 e. The summed E-state index contributed by atoms with van der Waals surface area (Å²) in [6.45, 7) is 5.67. The lowest BCUT2D eigenvalue weighted by Gasteiger charge is -2.05. The number of carboxylic acids is 1. The van der Waals surface area contributed by atoms with E-state index < -0.39 is 11.9 Å². The van der Waals surface area contributed by atoms with Gasteiger partial charge < -0.3 is 9.84 Å². The zero-order chi connectivity index (χ0) is 18.8. The number of hydrogen-bond donors (Lipinski definition) is 2. The maximum Gasteiger partial charge on any atom is 0.373 e. The number of aromatic carboxylic acids is 1. The van der Waals surface area contributed by atoms with Crippen molar-refractivity contribution in [3.63, 3.8) is 0 Å². The lowest BCUT2D eigenvalue weighted by atomic mass is 10.0. The molecule has 0 amide bonds. The van der Waals surface area contributed by atoms with Gasteiger partial charge in [-0.3, -0.25) is 4.89 Å². The molecule has 0 unspecified atom stereocenters. The second kappa shape index (κ2) is 9.84. The molecule has 0 aliphatic rings. The molecule has 132 valence electrons. The Bertz CT molecular complexity index is 780. The molecule has 0 aromatic heterocycles. The van der Waals surface area contributed by atoms with Crippen LogP contribution in [-0.4, -0.2) is 34.9 Å². The van der Waals surface area contributed by atoms with Crippen LogP contribution >= 0.6 is 0 Å². The first kappa shape index (κ1) is 19.9. The smallest absolute Gasteiger partial charge is 0.373 e. The number of carbonyl (C=O) groups is 3. The fourth-order valence-electron chi connectivity index (χ4n) is 1.90. The molecule has 0 bridgehead atoms. The van der Waals surface area contributed by atoms with Gasteiger partial charge in [-0.15, -0.1) is 0 Å². The Kier molecular flexibility index (Phi) is 7.81. The van der Waals surface area contributed by atoms with Crippen molar-refractivity contribution in [2.24, 2.45) is 0 Å². The Morgan fingerprint density at radius 3 is 2.12 bits per heavy atom. The quantitative estimate of drug-likeness (QED) is 0.370. The van der Waals surface area contributed by atoms with E-state index in [1.807, 2.05) is 6.92 Å². The number of ether oxygens (including phenoxy) is 1. The zero-order valence-corrected chi connectivity index (χ0v) is 13.6. The third kappa shape index (κ3) is 5.74. The Balaban J connectivity index is 0.000000333. The Morgan fingerprint density at radius 1 is 1.12 bits per heavy atom. The van der Waals surface area contributed by atoms with Gasteiger partial charge in [0.15, 0.2) is 0 Å². The van der Waals surface area contributed by atoms with Crippen molar-refractivity contribution in [3.8, 4) is 0 Å². The van der Waals surface area contributed by atoms with E-state index >= 15 is 0 Å². The predicted molar refractivity (Wildman–Crippen MR) is 90.4 cm³/mol. The van der Waals surface area contributed by atoms with E-state index in [4.69, 9.17) is 10.4 Å². The molecule has 0 atom stereocenters. The second-order valence-corrected chi connectivity index (χ2v) is 4.80. The summed E-state index contributed by atoms with van der Waals surface area (Å²) in [6.07, 6.45) is 2.02. The number of carbonyl (C=O) groups excluding carboxylic acids is 2. The molecule has 2 aromatic rings. The molecule has 2 aromatic carbocycles. The van der Waals surface area contributed by atoms with Crippen LogP contribution in [0.3, 0.4) is 0 Å². The van der Waals surface area contributed by atoms with Crippen molar-refractivity contribution < 1.29 is 34.4 Å². The summed E-state index contributed by atoms with van der Waals surface area (Å²) in [6, 6.07) is 9.72. The van der Waals surface area contributed by atoms with Crippen molar-refractivity contribution in [1.82, 2.24) is 0 Å². The van der Waals surface area contributed by atoms with Crippen molar-refractivity contribution in [2.45, 2.75) is 13.3 Å². The number of carboxylic acid groups (broad SMARTS) is 1. The predicted octanol–water partition coefficient (Wildman–Crippen LogP) is 3.29. The molecule has 0 spiro atoms. The van der Waals surface area contributed by atoms with Gasteiger partial charge in [0.05, 0.1) is 17.7 Å². The highest BCUT2D eigenvalue weighted by atomic mass is 17.1. The molecular formula is C18H18O7. The second-order valence-electron chi connectivity index (χ2n) is 4.80. The van der Waals surface area contributed by atoms with Gasteiger partial charge in [0.1, 0.15) is 0 Å². The molecule has 0 saturated heterocycles. The molecule has 0 radical (unpaired) electrons. The molecule has 0 saturated carbocycles. The maximum absolute atomic E-state index is 11.2. The third-order valence-electron chi connectivity index (χ3n) is 3.03. The number of benzene rings is 2. The summed E-state index contributed by atoms with van der Waals surface area (Å²) in [5.74, 6) is -2.68. The normalized spacial score (nSPS) is 9.52. The standard InChI is InChI=1S/C12H8O5.C6H10O2/c13-11(14)9-5-7-3-1-2-4-8(7)6-10(9)12(15)17-16;1-3-5-8-6(7)4-2/h1-6,16H,(H,13,14);4H,2-3,5H2,1H3. The van der Waals surface area contributed by atoms with Gasteiger partial charge in [-0.1, -0.05) is 37.8 Å².